The Hall–Kier alpha value is -0.540. The van der Waals surface area contributed by atoms with E-state index in [1.165, 1.54) is 0 Å². The van der Waals surface area contributed by atoms with Crippen LogP contribution in [0.15, 0.2) is 28.7 Å². The van der Waals surface area contributed by atoms with Gasteiger partial charge in [-0.1, -0.05) is 22.0 Å². The Morgan fingerprint density at radius 2 is 2.29 bits per heavy atom. The molecule has 0 spiro atoms. The van der Waals surface area contributed by atoms with Gasteiger partial charge in [0.1, 0.15) is 0 Å². The van der Waals surface area contributed by atoms with Crippen molar-refractivity contribution in [3.63, 3.8) is 0 Å². The van der Waals surface area contributed by atoms with Crippen molar-refractivity contribution >= 4 is 39.1 Å². The lowest BCUT2D eigenvalue weighted by Crippen LogP contribution is -2.24. The Labute approximate surface area is 96.0 Å². The number of hydrogen-bond acceptors (Lipinski definition) is 1. The number of alkyl halides is 1. The molecular formula is C10H9BrClNO. The Morgan fingerprint density at radius 3 is 2.86 bits per heavy atom. The minimum absolute atomic E-state index is 0.0542. The van der Waals surface area contributed by atoms with E-state index in [1.54, 1.807) is 4.90 Å². The average Bonchev–Trinajstić information content (AvgIpc) is 2.45. The van der Waals surface area contributed by atoms with Gasteiger partial charge in [-0.25, -0.2) is 0 Å². The predicted octanol–water partition coefficient (Wildman–Crippen LogP) is 2.79. The maximum atomic E-state index is 11.5. The minimum atomic E-state index is -0.0542. The zero-order valence-corrected chi connectivity index (χ0v) is 9.75. The summed E-state index contributed by atoms with van der Waals surface area (Å²) < 4.78 is 0.973. The standard InChI is InChI=1S/C10H9BrClNO/c11-7-2-1-3-9(4-7)13-6-8(12)5-10(13)14/h1-4,8H,5-6H2. The molecule has 1 aliphatic rings. The topological polar surface area (TPSA) is 20.3 Å². The van der Waals surface area contributed by atoms with Crippen molar-refractivity contribution in [3.8, 4) is 0 Å². The fraction of sp³-hybridized carbons (Fsp3) is 0.300. The second-order valence-electron chi connectivity index (χ2n) is 3.29. The molecule has 1 amide bonds. The summed E-state index contributed by atoms with van der Waals surface area (Å²) in [5.41, 5.74) is 0.910. The predicted molar refractivity (Wildman–Crippen MR) is 60.8 cm³/mol. The number of nitrogens with zero attached hydrogens (tertiary/aromatic N) is 1. The normalized spacial score (nSPS) is 21.7. The maximum Gasteiger partial charge on any atom is 0.228 e. The molecule has 1 aromatic carbocycles. The smallest absolute Gasteiger partial charge is 0.228 e. The maximum absolute atomic E-state index is 11.5. The summed E-state index contributed by atoms with van der Waals surface area (Å²) in [6, 6.07) is 7.68. The molecule has 74 valence electrons. The van der Waals surface area contributed by atoms with Gasteiger partial charge in [0.2, 0.25) is 5.91 Å². The summed E-state index contributed by atoms with van der Waals surface area (Å²) in [7, 11) is 0. The average molecular weight is 275 g/mol. The minimum Gasteiger partial charge on any atom is -0.311 e. The van der Waals surface area contributed by atoms with Crippen molar-refractivity contribution in [1.82, 2.24) is 0 Å². The number of amides is 1. The van der Waals surface area contributed by atoms with Crippen LogP contribution in [0.4, 0.5) is 5.69 Å². The second-order valence-corrected chi connectivity index (χ2v) is 4.82. The third-order valence-electron chi connectivity index (χ3n) is 2.20. The van der Waals surface area contributed by atoms with E-state index in [1.807, 2.05) is 24.3 Å². The zero-order chi connectivity index (χ0) is 10.1. The van der Waals surface area contributed by atoms with Gasteiger partial charge in [-0.15, -0.1) is 11.6 Å². The molecule has 1 fully saturated rings. The van der Waals surface area contributed by atoms with Crippen LogP contribution >= 0.6 is 27.5 Å². The van der Waals surface area contributed by atoms with Crippen LogP contribution < -0.4 is 4.90 Å². The number of hydrogen-bond donors (Lipinski definition) is 0. The van der Waals surface area contributed by atoms with Crippen LogP contribution in [0.3, 0.4) is 0 Å². The number of rotatable bonds is 1. The summed E-state index contributed by atoms with van der Waals surface area (Å²) in [6.07, 6.45) is 0.439. The van der Waals surface area contributed by atoms with Gasteiger partial charge >= 0.3 is 0 Å². The van der Waals surface area contributed by atoms with Gasteiger partial charge in [-0.2, -0.15) is 0 Å². The first kappa shape index (κ1) is 9.99. The summed E-state index contributed by atoms with van der Waals surface area (Å²) in [5.74, 6) is 0.100. The first-order chi connectivity index (χ1) is 6.66. The fourth-order valence-corrected chi connectivity index (χ4v) is 2.21. The Balaban J connectivity index is 2.27. The molecule has 2 rings (SSSR count). The molecule has 0 aromatic heterocycles. The SMILES string of the molecule is O=C1CC(Cl)CN1c1cccc(Br)c1. The van der Waals surface area contributed by atoms with Crippen molar-refractivity contribution in [2.24, 2.45) is 0 Å². The van der Waals surface area contributed by atoms with Crippen LogP contribution in [0.2, 0.25) is 0 Å². The quantitative estimate of drug-likeness (QED) is 0.721. The van der Waals surface area contributed by atoms with Crippen molar-refractivity contribution in [1.29, 1.82) is 0 Å². The van der Waals surface area contributed by atoms with Crippen LogP contribution in [0, 0.1) is 0 Å². The Bertz CT molecular complexity index is 369. The van der Waals surface area contributed by atoms with E-state index in [-0.39, 0.29) is 11.3 Å². The monoisotopic (exact) mass is 273 g/mol. The summed E-state index contributed by atoms with van der Waals surface area (Å²) >= 11 is 9.29. The lowest BCUT2D eigenvalue weighted by atomic mass is 10.3. The molecule has 1 heterocycles. The first-order valence-electron chi connectivity index (χ1n) is 4.37. The number of anilines is 1. The molecule has 1 unspecified atom stereocenters. The highest BCUT2D eigenvalue weighted by molar-refractivity contribution is 9.10. The van der Waals surface area contributed by atoms with Crippen LogP contribution in [0.25, 0.3) is 0 Å². The molecule has 0 N–H and O–H groups in total. The summed E-state index contributed by atoms with van der Waals surface area (Å²) in [5, 5.41) is -0.0542. The molecule has 2 nitrogen and oxygen atoms in total. The van der Waals surface area contributed by atoms with Crippen LogP contribution in [-0.2, 0) is 4.79 Å². The van der Waals surface area contributed by atoms with Crippen molar-refractivity contribution < 1.29 is 4.79 Å². The first-order valence-corrected chi connectivity index (χ1v) is 5.60. The highest BCUT2D eigenvalue weighted by Crippen LogP contribution is 2.26. The van der Waals surface area contributed by atoms with E-state index in [4.69, 9.17) is 11.6 Å². The van der Waals surface area contributed by atoms with Crippen molar-refractivity contribution in [3.05, 3.63) is 28.7 Å². The number of halogens is 2. The van der Waals surface area contributed by atoms with Crippen LogP contribution in [0.1, 0.15) is 6.42 Å². The van der Waals surface area contributed by atoms with E-state index in [2.05, 4.69) is 15.9 Å². The molecule has 4 heteroatoms. The van der Waals surface area contributed by atoms with Gasteiger partial charge in [0.25, 0.3) is 0 Å². The van der Waals surface area contributed by atoms with Crippen molar-refractivity contribution in [2.75, 3.05) is 11.4 Å². The van der Waals surface area contributed by atoms with Gasteiger partial charge in [-0.3, -0.25) is 4.79 Å². The molecule has 0 radical (unpaired) electrons. The molecular weight excluding hydrogens is 265 g/mol. The molecule has 0 aliphatic carbocycles. The Morgan fingerprint density at radius 1 is 1.50 bits per heavy atom. The highest BCUT2D eigenvalue weighted by atomic mass is 79.9. The third kappa shape index (κ3) is 1.93. The van der Waals surface area contributed by atoms with Crippen LogP contribution in [0.5, 0.6) is 0 Å². The van der Waals surface area contributed by atoms with Gasteiger partial charge in [0, 0.05) is 23.1 Å². The lowest BCUT2D eigenvalue weighted by molar-refractivity contribution is -0.117. The largest absolute Gasteiger partial charge is 0.311 e. The van der Waals surface area contributed by atoms with Gasteiger partial charge < -0.3 is 4.90 Å². The molecule has 0 bridgehead atoms. The van der Waals surface area contributed by atoms with Gasteiger partial charge in [-0.05, 0) is 18.2 Å². The number of carbonyl (C=O) groups is 1. The lowest BCUT2D eigenvalue weighted by Gasteiger charge is -2.15. The highest BCUT2D eigenvalue weighted by Gasteiger charge is 2.28. The second kappa shape index (κ2) is 3.91. The van der Waals surface area contributed by atoms with E-state index < -0.39 is 0 Å². The summed E-state index contributed by atoms with van der Waals surface area (Å²) in [4.78, 5) is 13.2. The molecule has 14 heavy (non-hydrogen) atoms. The van der Waals surface area contributed by atoms with Crippen molar-refractivity contribution in [2.45, 2.75) is 11.8 Å². The van der Waals surface area contributed by atoms with E-state index in [0.717, 1.165) is 10.2 Å². The summed E-state index contributed by atoms with van der Waals surface area (Å²) in [6.45, 7) is 0.608. The number of carbonyl (C=O) groups excluding carboxylic acids is 1. The van der Waals surface area contributed by atoms with E-state index in [0.29, 0.717) is 13.0 Å². The molecule has 1 aliphatic heterocycles. The number of benzene rings is 1. The third-order valence-corrected chi connectivity index (χ3v) is 2.98. The molecule has 1 aromatic rings. The Kier molecular flexibility index (Phi) is 2.79. The van der Waals surface area contributed by atoms with E-state index >= 15 is 0 Å². The van der Waals surface area contributed by atoms with E-state index in [9.17, 15) is 4.79 Å². The zero-order valence-electron chi connectivity index (χ0n) is 7.41. The molecule has 1 atom stereocenters. The fourth-order valence-electron chi connectivity index (χ4n) is 1.56. The van der Waals surface area contributed by atoms with Gasteiger partial charge in [0.15, 0.2) is 0 Å². The molecule has 1 saturated heterocycles. The molecule has 0 saturated carbocycles. The van der Waals surface area contributed by atoms with Crippen LogP contribution in [-0.4, -0.2) is 17.8 Å². The van der Waals surface area contributed by atoms with Gasteiger partial charge in [0.05, 0.1) is 5.38 Å².